The van der Waals surface area contributed by atoms with Crippen LogP contribution in [0.2, 0.25) is 5.02 Å². The molecule has 0 fully saturated rings. The first-order valence-corrected chi connectivity index (χ1v) is 18.3. The summed E-state index contributed by atoms with van der Waals surface area (Å²) in [6.45, 7) is 1.79. The van der Waals surface area contributed by atoms with Crippen molar-refractivity contribution in [1.29, 1.82) is 0 Å². The molecule has 12 heteroatoms. The van der Waals surface area contributed by atoms with Crippen LogP contribution in [0.3, 0.4) is 0 Å². The zero-order valence-electron chi connectivity index (χ0n) is 24.8. The number of rotatable bonds is 14. The number of aromatic nitrogens is 1. The van der Waals surface area contributed by atoms with E-state index in [9.17, 15) is 18.0 Å². The molecule has 1 heterocycles. The van der Waals surface area contributed by atoms with Gasteiger partial charge in [-0.2, -0.15) is 0 Å². The van der Waals surface area contributed by atoms with E-state index in [4.69, 9.17) is 21.1 Å². The van der Waals surface area contributed by atoms with E-state index in [0.29, 0.717) is 34.9 Å². The number of hydrogen-bond donors (Lipinski definition) is 1. The predicted molar refractivity (Wildman–Crippen MR) is 182 cm³/mol. The number of thioether (sulfide) groups is 1. The lowest BCUT2D eigenvalue weighted by molar-refractivity contribution is -0.152. The maximum absolute atomic E-state index is 13.2. The predicted octanol–water partition coefficient (Wildman–Crippen LogP) is 7.35. The summed E-state index contributed by atoms with van der Waals surface area (Å²) >= 11 is 9.09. The fraction of sp³-hybridized carbons (Fsp3) is 0.206. The first kappa shape index (κ1) is 33.5. The molecular formula is C34H31ClN2O6S3. The molecule has 46 heavy (non-hydrogen) atoms. The van der Waals surface area contributed by atoms with Gasteiger partial charge in [-0.25, -0.2) is 18.2 Å². The van der Waals surface area contributed by atoms with Crippen LogP contribution in [0.5, 0.6) is 5.75 Å². The fourth-order valence-corrected chi connectivity index (χ4v) is 7.96. The van der Waals surface area contributed by atoms with Crippen molar-refractivity contribution in [1.82, 2.24) is 10.3 Å². The number of nitrogens with zero attached hydrogens (tertiary/aromatic N) is 1. The third-order valence-corrected chi connectivity index (χ3v) is 11.1. The van der Waals surface area contributed by atoms with Crippen molar-refractivity contribution in [2.24, 2.45) is 0 Å². The van der Waals surface area contributed by atoms with Crippen LogP contribution >= 0.6 is 34.7 Å². The minimum atomic E-state index is -3.42. The molecule has 0 saturated carbocycles. The van der Waals surface area contributed by atoms with Crippen molar-refractivity contribution in [3.63, 3.8) is 0 Å². The summed E-state index contributed by atoms with van der Waals surface area (Å²) in [7, 11) is -3.42. The summed E-state index contributed by atoms with van der Waals surface area (Å²) in [5.41, 5.74) is 3.17. The van der Waals surface area contributed by atoms with Crippen molar-refractivity contribution < 1.29 is 27.5 Å². The first-order chi connectivity index (χ1) is 22.2. The van der Waals surface area contributed by atoms with E-state index in [1.807, 2.05) is 30.3 Å². The summed E-state index contributed by atoms with van der Waals surface area (Å²) in [6, 6.07) is 28.2. The monoisotopic (exact) mass is 694 g/mol. The molecule has 5 rings (SSSR count). The van der Waals surface area contributed by atoms with Gasteiger partial charge >= 0.3 is 5.97 Å². The van der Waals surface area contributed by atoms with Crippen LogP contribution in [0.25, 0.3) is 10.2 Å². The third-order valence-electron chi connectivity index (χ3n) is 6.82. The molecule has 0 saturated heterocycles. The molecule has 1 unspecified atom stereocenters. The van der Waals surface area contributed by atoms with Crippen molar-refractivity contribution in [2.75, 3.05) is 12.4 Å². The van der Waals surface area contributed by atoms with Gasteiger partial charge in [0.25, 0.3) is 12.1 Å². The van der Waals surface area contributed by atoms with Crippen molar-refractivity contribution in [3.05, 3.63) is 119 Å². The number of benzene rings is 4. The highest BCUT2D eigenvalue weighted by molar-refractivity contribution is 8.00. The van der Waals surface area contributed by atoms with Crippen LogP contribution in [0, 0.1) is 0 Å². The Kier molecular flexibility index (Phi) is 11.3. The van der Waals surface area contributed by atoms with E-state index < -0.39 is 27.9 Å². The number of fused-ring (bicyclic) bond motifs is 1. The third kappa shape index (κ3) is 9.10. The van der Waals surface area contributed by atoms with E-state index >= 15 is 0 Å². The standard InChI is InChI=1S/C34H31ClN2O6S3/c1-2-42-33(39)32(43-27-16-12-23(13-17-27)8-6-20-46(40,41)28-18-14-26(35)15-19-28)37-31(38)25-9-5-7-24(21-25)22-44-34-36-29-10-3-4-11-30(29)45-34/h3-5,7,9-19,21,32H,2,6,8,20,22H2,1H3,(H,37,38). The highest BCUT2D eigenvalue weighted by atomic mass is 35.5. The number of nitrogens with one attached hydrogen (secondary N) is 1. The highest BCUT2D eigenvalue weighted by Gasteiger charge is 2.25. The lowest BCUT2D eigenvalue weighted by Gasteiger charge is -2.19. The lowest BCUT2D eigenvalue weighted by atomic mass is 10.1. The number of amides is 1. The second-order valence-electron chi connectivity index (χ2n) is 10.2. The smallest absolute Gasteiger partial charge is 0.369 e. The summed E-state index contributed by atoms with van der Waals surface area (Å²) < 4.78 is 38.3. The Morgan fingerprint density at radius 1 is 0.957 bits per heavy atom. The quantitative estimate of drug-likeness (QED) is 0.0730. The van der Waals surface area contributed by atoms with Crippen molar-refractivity contribution in [3.8, 4) is 5.75 Å². The van der Waals surface area contributed by atoms with Gasteiger partial charge in [0.2, 0.25) is 0 Å². The molecule has 0 aliphatic heterocycles. The minimum absolute atomic E-state index is 0.00822. The summed E-state index contributed by atoms with van der Waals surface area (Å²) in [5.74, 6) is -0.251. The highest BCUT2D eigenvalue weighted by Crippen LogP contribution is 2.31. The molecule has 0 aliphatic carbocycles. The SMILES string of the molecule is CCOC(=O)C(NC(=O)c1cccc(CSc2nc3ccccc3s2)c1)Oc1ccc(CCCS(=O)(=O)c2ccc(Cl)cc2)cc1. The number of ether oxygens (including phenoxy) is 2. The van der Waals surface area contributed by atoms with Gasteiger partial charge in [0.15, 0.2) is 14.2 Å². The second kappa shape index (κ2) is 15.6. The van der Waals surface area contributed by atoms with Gasteiger partial charge in [0.05, 0.1) is 27.5 Å². The van der Waals surface area contributed by atoms with Crippen molar-refractivity contribution >= 4 is 66.6 Å². The van der Waals surface area contributed by atoms with Crippen LogP contribution in [-0.2, 0) is 31.5 Å². The van der Waals surface area contributed by atoms with Crippen molar-refractivity contribution in [2.45, 2.75) is 41.0 Å². The van der Waals surface area contributed by atoms with Crippen LogP contribution in [0.15, 0.2) is 106 Å². The molecule has 0 aliphatic rings. The number of aryl methyl sites for hydroxylation is 1. The Morgan fingerprint density at radius 3 is 2.46 bits per heavy atom. The Labute approximate surface area is 281 Å². The maximum Gasteiger partial charge on any atom is 0.369 e. The Bertz CT molecular complexity index is 1880. The number of halogens is 1. The number of hydrogen-bond acceptors (Lipinski definition) is 9. The topological polar surface area (TPSA) is 112 Å². The van der Waals surface area contributed by atoms with E-state index in [0.717, 1.165) is 25.7 Å². The normalized spacial score (nSPS) is 12.0. The number of para-hydroxylation sites is 1. The van der Waals surface area contributed by atoms with Gasteiger partial charge < -0.3 is 14.8 Å². The molecule has 1 aromatic heterocycles. The van der Waals surface area contributed by atoms with E-state index in [1.54, 1.807) is 84.6 Å². The maximum atomic E-state index is 13.2. The number of sulfone groups is 1. The molecule has 5 aromatic rings. The van der Waals surface area contributed by atoms with E-state index in [1.165, 1.54) is 12.1 Å². The van der Waals surface area contributed by atoms with Crippen LogP contribution in [0.4, 0.5) is 0 Å². The number of carbonyl (C=O) groups excluding carboxylic acids is 2. The zero-order chi connectivity index (χ0) is 32.5. The number of thiazole rings is 1. The Balaban J connectivity index is 1.17. The molecule has 0 bridgehead atoms. The molecule has 0 spiro atoms. The summed E-state index contributed by atoms with van der Waals surface area (Å²) in [4.78, 5) is 30.8. The zero-order valence-corrected chi connectivity index (χ0v) is 28.1. The van der Waals surface area contributed by atoms with Crippen LogP contribution < -0.4 is 10.1 Å². The molecule has 4 aromatic carbocycles. The van der Waals surface area contributed by atoms with Gasteiger partial charge in [-0.1, -0.05) is 59.8 Å². The largest absolute Gasteiger partial charge is 0.462 e. The fourth-order valence-electron chi connectivity index (χ4n) is 4.51. The van der Waals surface area contributed by atoms with Gasteiger partial charge in [0, 0.05) is 16.3 Å². The lowest BCUT2D eigenvalue weighted by Crippen LogP contribution is -2.46. The summed E-state index contributed by atoms with van der Waals surface area (Å²) in [6.07, 6.45) is -0.424. The average molecular weight is 695 g/mol. The van der Waals surface area contributed by atoms with Gasteiger partial charge in [-0.15, -0.1) is 11.3 Å². The molecular weight excluding hydrogens is 664 g/mol. The van der Waals surface area contributed by atoms with Crippen LogP contribution in [-0.4, -0.2) is 43.9 Å². The first-order valence-electron chi connectivity index (χ1n) is 14.5. The van der Waals surface area contributed by atoms with Gasteiger partial charge in [0.1, 0.15) is 5.75 Å². The Morgan fingerprint density at radius 2 is 1.72 bits per heavy atom. The van der Waals surface area contributed by atoms with Crippen LogP contribution in [0.1, 0.15) is 34.8 Å². The molecule has 8 nitrogen and oxygen atoms in total. The van der Waals surface area contributed by atoms with Gasteiger partial charge in [-0.05, 0) is 91.6 Å². The number of esters is 1. The molecule has 1 amide bonds. The second-order valence-corrected chi connectivity index (χ2v) is 15.0. The minimum Gasteiger partial charge on any atom is -0.462 e. The molecule has 1 atom stereocenters. The summed E-state index contributed by atoms with van der Waals surface area (Å²) in [5, 5.41) is 3.12. The van der Waals surface area contributed by atoms with E-state index in [-0.39, 0.29) is 17.3 Å². The molecule has 238 valence electrons. The van der Waals surface area contributed by atoms with E-state index in [2.05, 4.69) is 10.3 Å². The number of carbonyl (C=O) groups is 2. The molecule has 1 N–H and O–H groups in total. The Hall–Kier alpha value is -3.90. The van der Waals surface area contributed by atoms with Gasteiger partial charge in [-0.3, -0.25) is 4.79 Å². The molecule has 0 radical (unpaired) electrons. The average Bonchev–Trinajstić information content (AvgIpc) is 3.48.